The summed E-state index contributed by atoms with van der Waals surface area (Å²) in [5, 5.41) is 11.0. The maximum Gasteiger partial charge on any atom is 0.310 e. The zero-order valence-electron chi connectivity index (χ0n) is 17.1. The zero-order valence-corrected chi connectivity index (χ0v) is 17.1. The number of aromatic nitrogens is 1. The molecular weight excluding hydrogens is 364 g/mol. The Balaban J connectivity index is 2.00. The van der Waals surface area contributed by atoms with E-state index in [0.29, 0.717) is 19.6 Å². The number of para-hydroxylation sites is 1. The number of carbonyl (C=O) groups is 1. The van der Waals surface area contributed by atoms with Crippen LogP contribution in [-0.4, -0.2) is 36.3 Å². The van der Waals surface area contributed by atoms with E-state index in [0.717, 1.165) is 51.2 Å². The number of carboxylic acids is 1. The van der Waals surface area contributed by atoms with Gasteiger partial charge in [-0.2, -0.15) is 0 Å². The Morgan fingerprint density at radius 2 is 2.10 bits per heavy atom. The second-order valence-electron chi connectivity index (χ2n) is 7.82. The van der Waals surface area contributed by atoms with Crippen LogP contribution in [0.25, 0.3) is 16.5 Å². The van der Waals surface area contributed by atoms with E-state index in [2.05, 4.69) is 11.0 Å². The molecule has 2 aromatic rings. The predicted octanol–water partition coefficient (Wildman–Crippen LogP) is 4.80. The van der Waals surface area contributed by atoms with E-state index < -0.39 is 11.9 Å². The van der Waals surface area contributed by atoms with E-state index in [1.807, 2.05) is 57.3 Å². The molecule has 4 rings (SSSR count). The summed E-state index contributed by atoms with van der Waals surface area (Å²) in [5.74, 6) is 0.264. The molecule has 0 amide bonds. The van der Waals surface area contributed by atoms with Gasteiger partial charge in [-0.3, -0.25) is 4.79 Å². The number of benzene rings is 1. The molecular formula is C24H26N2O3. The van der Waals surface area contributed by atoms with Crippen LogP contribution >= 0.6 is 0 Å². The van der Waals surface area contributed by atoms with Crippen molar-refractivity contribution in [3.05, 3.63) is 65.0 Å². The number of likely N-dealkylation sites (N-methyl/N-ethyl adjacent to an activating group) is 1. The fourth-order valence-electron chi connectivity index (χ4n) is 4.14. The van der Waals surface area contributed by atoms with Gasteiger partial charge < -0.3 is 14.7 Å². The van der Waals surface area contributed by atoms with E-state index in [9.17, 15) is 9.90 Å². The number of nitrogens with zero attached hydrogens (tertiary/aromatic N) is 2. The van der Waals surface area contributed by atoms with E-state index in [1.165, 1.54) is 0 Å². The molecule has 2 aliphatic heterocycles. The van der Waals surface area contributed by atoms with Crippen LogP contribution in [0, 0.1) is 5.92 Å². The normalized spacial score (nSPS) is 17.4. The fraction of sp³-hybridized carbons (Fsp3) is 0.333. The molecule has 0 bridgehead atoms. The van der Waals surface area contributed by atoms with Crippen LogP contribution in [-0.2, 0) is 9.53 Å². The van der Waals surface area contributed by atoms with E-state index in [-0.39, 0.29) is 0 Å². The second-order valence-corrected chi connectivity index (χ2v) is 7.82. The minimum absolute atomic E-state index is 0.514. The highest BCUT2D eigenvalue weighted by Gasteiger charge is 2.34. The number of hydrogen-bond donors (Lipinski definition) is 1. The molecule has 0 saturated heterocycles. The topological polar surface area (TPSA) is 62.7 Å². The lowest BCUT2D eigenvalue weighted by Gasteiger charge is -2.34. The minimum atomic E-state index is -0.784. The van der Waals surface area contributed by atoms with Crippen LogP contribution in [0.5, 0.6) is 0 Å². The van der Waals surface area contributed by atoms with Crippen molar-refractivity contribution in [3.8, 4) is 0 Å². The van der Waals surface area contributed by atoms with Gasteiger partial charge in [0.2, 0.25) is 0 Å². The highest BCUT2D eigenvalue weighted by Crippen LogP contribution is 2.43. The van der Waals surface area contributed by atoms with Crippen molar-refractivity contribution in [1.29, 1.82) is 0 Å². The highest BCUT2D eigenvalue weighted by atomic mass is 16.5. The number of hydrogen-bond acceptors (Lipinski definition) is 4. The van der Waals surface area contributed by atoms with Gasteiger partial charge in [-0.15, -0.1) is 0 Å². The maximum absolute atomic E-state index is 12.2. The van der Waals surface area contributed by atoms with Crippen LogP contribution in [0.3, 0.4) is 0 Å². The summed E-state index contributed by atoms with van der Waals surface area (Å²) in [7, 11) is 1.97. The molecule has 1 aromatic heterocycles. The van der Waals surface area contributed by atoms with Crippen molar-refractivity contribution in [2.24, 2.45) is 5.92 Å². The van der Waals surface area contributed by atoms with Gasteiger partial charge in [0.1, 0.15) is 18.2 Å². The number of anilines is 1. The molecule has 0 saturated carbocycles. The number of allylic oxidation sites excluding steroid dienone is 3. The largest absolute Gasteiger partial charge is 0.489 e. The van der Waals surface area contributed by atoms with Gasteiger partial charge in [-0.25, -0.2) is 4.98 Å². The van der Waals surface area contributed by atoms with Gasteiger partial charge in [-0.05, 0) is 42.7 Å². The van der Waals surface area contributed by atoms with Crippen LogP contribution in [0.2, 0.25) is 0 Å². The molecule has 0 fully saturated rings. The summed E-state index contributed by atoms with van der Waals surface area (Å²) in [6.07, 6.45) is 5.41. The molecule has 3 heterocycles. The lowest BCUT2D eigenvalue weighted by atomic mass is 9.83. The molecule has 0 radical (unpaired) electrons. The Morgan fingerprint density at radius 1 is 1.31 bits per heavy atom. The standard InChI is InChI=1S/C24H26N2O3/c1-4-7-17(24(27)28)19-13-26(3)23-18(12-16-8-5-6-9-20(16)25-23)22(19)21-11-10-15(2)14-29-21/h5-6,8-12,17H,4,7,13-14H2,1-3H3,(H,27,28). The van der Waals surface area contributed by atoms with Gasteiger partial charge in [0.15, 0.2) is 0 Å². The first-order valence-corrected chi connectivity index (χ1v) is 10.1. The van der Waals surface area contributed by atoms with Crippen molar-refractivity contribution in [1.82, 2.24) is 4.98 Å². The van der Waals surface area contributed by atoms with Crippen LogP contribution in [0.15, 0.2) is 59.4 Å². The Kier molecular flexibility index (Phi) is 5.14. The van der Waals surface area contributed by atoms with Gasteiger partial charge in [0, 0.05) is 30.1 Å². The van der Waals surface area contributed by atoms with E-state index >= 15 is 0 Å². The third-order valence-corrected chi connectivity index (χ3v) is 5.58. The molecule has 1 atom stereocenters. The first-order chi connectivity index (χ1) is 14.0. The monoisotopic (exact) mass is 390 g/mol. The van der Waals surface area contributed by atoms with Crippen LogP contribution in [0.4, 0.5) is 5.82 Å². The number of rotatable bonds is 5. The molecule has 0 aliphatic carbocycles. The lowest BCUT2D eigenvalue weighted by Crippen LogP contribution is -2.33. The number of carboxylic acid groups (broad SMARTS) is 1. The van der Waals surface area contributed by atoms with Crippen molar-refractivity contribution >= 4 is 28.3 Å². The quantitative estimate of drug-likeness (QED) is 0.795. The molecule has 0 spiro atoms. The average molecular weight is 390 g/mol. The van der Waals surface area contributed by atoms with E-state index in [1.54, 1.807) is 0 Å². The molecule has 1 N–H and O–H groups in total. The summed E-state index contributed by atoms with van der Waals surface area (Å²) >= 11 is 0. The maximum atomic E-state index is 12.2. The fourth-order valence-corrected chi connectivity index (χ4v) is 4.14. The van der Waals surface area contributed by atoms with Crippen molar-refractivity contribution in [3.63, 3.8) is 0 Å². The molecule has 29 heavy (non-hydrogen) atoms. The third-order valence-electron chi connectivity index (χ3n) is 5.58. The van der Waals surface area contributed by atoms with Crippen molar-refractivity contribution in [2.45, 2.75) is 26.7 Å². The molecule has 5 nitrogen and oxygen atoms in total. The van der Waals surface area contributed by atoms with Crippen LogP contribution < -0.4 is 4.90 Å². The number of fused-ring (bicyclic) bond motifs is 2. The van der Waals surface area contributed by atoms with Gasteiger partial charge in [-0.1, -0.05) is 37.6 Å². The van der Waals surface area contributed by atoms with Crippen molar-refractivity contribution in [2.75, 3.05) is 25.1 Å². The summed E-state index contributed by atoms with van der Waals surface area (Å²) in [6, 6.07) is 10.1. The van der Waals surface area contributed by atoms with Gasteiger partial charge in [0.05, 0.1) is 11.4 Å². The Morgan fingerprint density at radius 3 is 2.79 bits per heavy atom. The first kappa shape index (κ1) is 19.2. The molecule has 5 heteroatoms. The number of ether oxygens (including phenoxy) is 1. The van der Waals surface area contributed by atoms with Gasteiger partial charge >= 0.3 is 5.97 Å². The SMILES string of the molecule is CCCC(C(=O)O)C1=C(C2=CC=C(C)CO2)c2cc3ccccc3nc2N(C)C1. The smallest absolute Gasteiger partial charge is 0.310 e. The Bertz CT molecular complexity index is 1060. The summed E-state index contributed by atoms with van der Waals surface area (Å²) in [6.45, 7) is 5.08. The Hall–Kier alpha value is -3.08. The molecule has 1 unspecified atom stereocenters. The Labute approximate surface area is 171 Å². The zero-order chi connectivity index (χ0) is 20.5. The van der Waals surface area contributed by atoms with Gasteiger partial charge in [0.25, 0.3) is 0 Å². The molecule has 150 valence electrons. The third kappa shape index (κ3) is 3.53. The minimum Gasteiger partial charge on any atom is -0.489 e. The lowest BCUT2D eigenvalue weighted by molar-refractivity contribution is -0.140. The number of aliphatic carboxylic acids is 1. The van der Waals surface area contributed by atoms with Crippen molar-refractivity contribution < 1.29 is 14.6 Å². The summed E-state index contributed by atoms with van der Waals surface area (Å²) in [4.78, 5) is 19.1. The average Bonchev–Trinajstić information content (AvgIpc) is 2.71. The molecule has 2 aliphatic rings. The predicted molar refractivity (Wildman–Crippen MR) is 116 cm³/mol. The van der Waals surface area contributed by atoms with E-state index in [4.69, 9.17) is 9.72 Å². The second kappa shape index (κ2) is 7.74. The molecule has 1 aromatic carbocycles. The van der Waals surface area contributed by atoms with Crippen LogP contribution in [0.1, 0.15) is 32.3 Å². The highest BCUT2D eigenvalue weighted by molar-refractivity contribution is 5.96. The first-order valence-electron chi connectivity index (χ1n) is 10.1. The number of pyridine rings is 1. The summed E-state index contributed by atoms with van der Waals surface area (Å²) < 4.78 is 6.07. The summed E-state index contributed by atoms with van der Waals surface area (Å²) in [5.41, 5.74) is 4.79.